The molecular formula is C28H29N5O5. The SMILES string of the molecule is COc1ccc2c(c1)C(=O)N(CC1(C#Cc3ccc(C(N=O)C4CCN(C)CC4)cc3)NC(=O)NC1=O)C2. The number of nitrogens with zero attached hydrogens (tertiary/aromatic N) is 3. The Morgan fingerprint density at radius 1 is 1.13 bits per heavy atom. The van der Waals surface area contributed by atoms with E-state index in [1.807, 2.05) is 18.2 Å². The van der Waals surface area contributed by atoms with Crippen LogP contribution in [-0.4, -0.2) is 67.0 Å². The van der Waals surface area contributed by atoms with E-state index in [2.05, 4.69) is 39.6 Å². The molecule has 0 spiro atoms. The van der Waals surface area contributed by atoms with E-state index in [0.29, 0.717) is 16.9 Å². The molecule has 196 valence electrons. The molecule has 2 N–H and O–H groups in total. The summed E-state index contributed by atoms with van der Waals surface area (Å²) in [6, 6.07) is 11.4. The first-order valence-electron chi connectivity index (χ1n) is 12.6. The number of piperidine rings is 1. The number of amides is 4. The number of nitroso groups, excluding NO2 is 1. The molecule has 0 aromatic heterocycles. The van der Waals surface area contributed by atoms with Crippen molar-refractivity contribution in [2.75, 3.05) is 33.8 Å². The molecule has 2 atom stereocenters. The lowest BCUT2D eigenvalue weighted by Gasteiger charge is -2.31. The zero-order valence-electron chi connectivity index (χ0n) is 21.3. The third-order valence-corrected chi connectivity index (χ3v) is 7.56. The average molecular weight is 516 g/mol. The van der Waals surface area contributed by atoms with Crippen molar-refractivity contribution in [2.24, 2.45) is 11.1 Å². The fourth-order valence-corrected chi connectivity index (χ4v) is 5.32. The maximum atomic E-state index is 13.1. The summed E-state index contributed by atoms with van der Waals surface area (Å²) in [4.78, 5) is 53.4. The monoisotopic (exact) mass is 515 g/mol. The highest BCUT2D eigenvalue weighted by Gasteiger charge is 2.48. The van der Waals surface area contributed by atoms with Gasteiger partial charge in [0, 0.05) is 17.7 Å². The molecule has 38 heavy (non-hydrogen) atoms. The lowest BCUT2D eigenvalue weighted by molar-refractivity contribution is -0.122. The number of rotatable bonds is 6. The number of benzene rings is 2. The molecule has 2 unspecified atom stereocenters. The first kappa shape index (κ1) is 25.4. The van der Waals surface area contributed by atoms with E-state index in [4.69, 9.17) is 4.74 Å². The third-order valence-electron chi connectivity index (χ3n) is 7.56. The maximum absolute atomic E-state index is 13.1. The smallest absolute Gasteiger partial charge is 0.323 e. The predicted octanol–water partition coefficient (Wildman–Crippen LogP) is 2.43. The van der Waals surface area contributed by atoms with Gasteiger partial charge in [0.15, 0.2) is 0 Å². The van der Waals surface area contributed by atoms with Crippen molar-refractivity contribution in [3.8, 4) is 17.6 Å². The summed E-state index contributed by atoms with van der Waals surface area (Å²) in [6.07, 6.45) is 1.83. The predicted molar refractivity (Wildman–Crippen MR) is 139 cm³/mol. The largest absolute Gasteiger partial charge is 0.497 e. The Kier molecular flexibility index (Phi) is 6.87. The Labute approximate surface area is 220 Å². The van der Waals surface area contributed by atoms with Crippen LogP contribution >= 0.6 is 0 Å². The topological polar surface area (TPSA) is 120 Å². The lowest BCUT2D eigenvalue weighted by atomic mass is 9.86. The van der Waals surface area contributed by atoms with Crippen LogP contribution in [0.25, 0.3) is 0 Å². The molecule has 5 rings (SSSR count). The number of methoxy groups -OCH3 is 1. The minimum Gasteiger partial charge on any atom is -0.497 e. The van der Waals surface area contributed by atoms with E-state index < -0.39 is 23.5 Å². The van der Waals surface area contributed by atoms with Crippen molar-refractivity contribution in [1.29, 1.82) is 0 Å². The molecule has 2 aromatic carbocycles. The molecular weight excluding hydrogens is 486 g/mol. The van der Waals surface area contributed by atoms with E-state index in [1.165, 1.54) is 12.0 Å². The van der Waals surface area contributed by atoms with Crippen molar-refractivity contribution in [1.82, 2.24) is 20.4 Å². The van der Waals surface area contributed by atoms with Gasteiger partial charge in [-0.05, 0) is 74.3 Å². The van der Waals surface area contributed by atoms with Gasteiger partial charge in [0.2, 0.25) is 5.54 Å². The van der Waals surface area contributed by atoms with Gasteiger partial charge >= 0.3 is 6.03 Å². The van der Waals surface area contributed by atoms with Crippen LogP contribution in [0.4, 0.5) is 4.79 Å². The third kappa shape index (κ3) is 4.85. The van der Waals surface area contributed by atoms with Crippen molar-refractivity contribution >= 4 is 17.8 Å². The summed E-state index contributed by atoms with van der Waals surface area (Å²) in [5.41, 5.74) is 1.14. The minimum atomic E-state index is -1.60. The minimum absolute atomic E-state index is 0.112. The molecule has 0 bridgehead atoms. The van der Waals surface area contributed by atoms with Gasteiger partial charge in [0.05, 0.1) is 13.7 Å². The van der Waals surface area contributed by atoms with Crippen molar-refractivity contribution in [2.45, 2.75) is 31.0 Å². The second-order valence-electron chi connectivity index (χ2n) is 10.1. The van der Waals surface area contributed by atoms with Crippen LogP contribution in [0.3, 0.4) is 0 Å². The Morgan fingerprint density at radius 2 is 1.87 bits per heavy atom. The number of hydrogen-bond donors (Lipinski definition) is 2. The van der Waals surface area contributed by atoms with Gasteiger partial charge in [0.1, 0.15) is 11.8 Å². The van der Waals surface area contributed by atoms with Crippen LogP contribution in [0.1, 0.15) is 45.9 Å². The number of nitrogens with one attached hydrogen (secondary N) is 2. The second-order valence-corrected chi connectivity index (χ2v) is 10.1. The van der Waals surface area contributed by atoms with E-state index in [1.54, 1.807) is 24.3 Å². The van der Waals surface area contributed by atoms with E-state index in [9.17, 15) is 19.3 Å². The number of fused-ring (bicyclic) bond motifs is 1. The molecule has 2 fully saturated rings. The summed E-state index contributed by atoms with van der Waals surface area (Å²) in [5.74, 6) is 5.78. The van der Waals surface area contributed by atoms with Gasteiger partial charge in [-0.1, -0.05) is 35.2 Å². The number of ether oxygens (including phenoxy) is 1. The molecule has 3 heterocycles. The van der Waals surface area contributed by atoms with Gasteiger partial charge in [0.25, 0.3) is 11.8 Å². The number of urea groups is 1. The second kappa shape index (κ2) is 10.3. The lowest BCUT2D eigenvalue weighted by Crippen LogP contribution is -2.54. The summed E-state index contributed by atoms with van der Waals surface area (Å²) < 4.78 is 5.22. The normalized spacial score (nSPS) is 22.3. The number of imide groups is 1. The number of hydrogen-bond acceptors (Lipinski definition) is 7. The highest BCUT2D eigenvalue weighted by Crippen LogP contribution is 2.33. The van der Waals surface area contributed by atoms with Gasteiger partial charge in [-0.25, -0.2) is 4.79 Å². The molecule has 0 aliphatic carbocycles. The number of carbonyl (C=O) groups is 3. The number of likely N-dealkylation sites (tertiary alicyclic amines) is 1. The molecule has 3 aliphatic heterocycles. The van der Waals surface area contributed by atoms with E-state index in [-0.39, 0.29) is 24.9 Å². The summed E-state index contributed by atoms with van der Waals surface area (Å²) in [6.45, 7) is 2.05. The molecule has 4 amide bonds. The summed E-state index contributed by atoms with van der Waals surface area (Å²) >= 11 is 0. The van der Waals surface area contributed by atoms with Crippen molar-refractivity contribution in [3.05, 3.63) is 69.6 Å². The highest BCUT2D eigenvalue weighted by molar-refractivity contribution is 6.10. The first-order chi connectivity index (χ1) is 18.3. The Balaban J connectivity index is 1.35. The quantitative estimate of drug-likeness (QED) is 0.346. The van der Waals surface area contributed by atoms with Gasteiger partial charge in [-0.3, -0.25) is 14.9 Å². The fourth-order valence-electron chi connectivity index (χ4n) is 5.32. The zero-order valence-corrected chi connectivity index (χ0v) is 21.3. The van der Waals surface area contributed by atoms with Crippen LogP contribution in [0.2, 0.25) is 0 Å². The average Bonchev–Trinajstić information content (AvgIpc) is 3.38. The van der Waals surface area contributed by atoms with E-state index >= 15 is 0 Å². The molecule has 3 aliphatic rings. The van der Waals surface area contributed by atoms with Crippen LogP contribution in [0, 0.1) is 22.7 Å². The molecule has 0 radical (unpaired) electrons. The highest BCUT2D eigenvalue weighted by atomic mass is 16.5. The van der Waals surface area contributed by atoms with Crippen LogP contribution in [-0.2, 0) is 11.3 Å². The molecule has 2 saturated heterocycles. The molecule has 0 saturated carbocycles. The summed E-state index contributed by atoms with van der Waals surface area (Å²) in [7, 11) is 3.60. The Morgan fingerprint density at radius 3 is 2.50 bits per heavy atom. The standard InChI is InChI=1S/C28H29N5O5/c1-32-13-10-20(11-14-32)24(31-37)19-5-3-18(4-6-19)9-12-28(26(35)29-27(36)30-28)17-33-16-21-7-8-22(38-2)15-23(21)25(33)34/h3-8,15,20,24H,10-11,13-14,16-17H2,1-2H3,(H2,29,30,35,36). The van der Waals surface area contributed by atoms with Crippen LogP contribution in [0.15, 0.2) is 47.6 Å². The fraction of sp³-hybridized carbons (Fsp3) is 0.393. The van der Waals surface area contributed by atoms with Crippen LogP contribution < -0.4 is 15.4 Å². The van der Waals surface area contributed by atoms with Crippen LogP contribution in [0.5, 0.6) is 5.75 Å². The maximum Gasteiger partial charge on any atom is 0.323 e. The Bertz CT molecular complexity index is 1340. The summed E-state index contributed by atoms with van der Waals surface area (Å²) in [5, 5.41) is 8.28. The van der Waals surface area contributed by atoms with Gasteiger partial charge < -0.3 is 19.9 Å². The molecule has 10 nitrogen and oxygen atoms in total. The first-order valence-corrected chi connectivity index (χ1v) is 12.6. The van der Waals surface area contributed by atoms with Crippen molar-refractivity contribution < 1.29 is 19.1 Å². The zero-order chi connectivity index (χ0) is 26.9. The van der Waals surface area contributed by atoms with Gasteiger partial charge in [-0.15, -0.1) is 0 Å². The molecule has 10 heteroatoms. The Hall–Kier alpha value is -4.23. The van der Waals surface area contributed by atoms with Gasteiger partial charge in [-0.2, -0.15) is 4.91 Å². The van der Waals surface area contributed by atoms with E-state index in [0.717, 1.165) is 37.1 Å². The molecule has 2 aromatic rings. The number of carbonyl (C=O) groups excluding carboxylic acids is 3. The van der Waals surface area contributed by atoms with Crippen molar-refractivity contribution in [3.63, 3.8) is 0 Å².